The van der Waals surface area contributed by atoms with Crippen molar-refractivity contribution in [3.05, 3.63) is 45.9 Å². The molecule has 1 aliphatic carbocycles. The number of hydrogen-bond donors (Lipinski definition) is 1. The van der Waals surface area contributed by atoms with Crippen LogP contribution < -0.4 is 5.43 Å². The lowest BCUT2D eigenvalue weighted by atomic mass is 9.98. The summed E-state index contributed by atoms with van der Waals surface area (Å²) in [5.74, 6) is 1.41. The topological polar surface area (TPSA) is 59.3 Å². The summed E-state index contributed by atoms with van der Waals surface area (Å²) in [7, 11) is 0. The van der Waals surface area contributed by atoms with Gasteiger partial charge in [-0.1, -0.05) is 5.92 Å². The summed E-state index contributed by atoms with van der Waals surface area (Å²) in [6.07, 6.45) is 7.02. The summed E-state index contributed by atoms with van der Waals surface area (Å²) in [5, 5.41) is 9.28. The maximum Gasteiger partial charge on any atom is 0.338 e. The summed E-state index contributed by atoms with van der Waals surface area (Å²) in [5.41, 5.74) is 1.59. The van der Waals surface area contributed by atoms with Crippen molar-refractivity contribution in [1.29, 1.82) is 0 Å². The summed E-state index contributed by atoms with van der Waals surface area (Å²) in [4.78, 5) is 22.7. The zero-order valence-corrected chi connectivity index (χ0v) is 9.80. The van der Waals surface area contributed by atoms with Crippen LogP contribution in [0.3, 0.4) is 0 Å². The number of benzene rings is 1. The van der Waals surface area contributed by atoms with Crippen LogP contribution in [0.1, 0.15) is 16.1 Å². The van der Waals surface area contributed by atoms with Gasteiger partial charge in [-0.15, -0.1) is 6.42 Å². The second-order valence-corrected chi connectivity index (χ2v) is 3.98. The largest absolute Gasteiger partial charge is 0.478 e. The van der Waals surface area contributed by atoms with E-state index in [1.807, 2.05) is 0 Å². The third-order valence-electron chi connectivity index (χ3n) is 2.86. The lowest BCUT2D eigenvalue weighted by Gasteiger charge is -2.17. The molecule has 1 aliphatic heterocycles. The highest BCUT2D eigenvalue weighted by Gasteiger charge is 2.19. The van der Waals surface area contributed by atoms with Gasteiger partial charge in [-0.05, 0) is 30.7 Å². The van der Waals surface area contributed by atoms with E-state index >= 15 is 0 Å². The Hall–Kier alpha value is -2.54. The molecule has 0 atom stereocenters. The monoisotopic (exact) mass is 241 g/mol. The van der Waals surface area contributed by atoms with Crippen molar-refractivity contribution in [2.45, 2.75) is 13.5 Å². The van der Waals surface area contributed by atoms with Gasteiger partial charge in [0.1, 0.15) is 0 Å². The normalized spacial score (nSPS) is 10.2. The number of hydrogen-bond acceptors (Lipinski definition) is 2. The van der Waals surface area contributed by atoms with E-state index in [1.165, 1.54) is 12.1 Å². The lowest BCUT2D eigenvalue weighted by molar-refractivity contribution is 0.0696. The minimum absolute atomic E-state index is 0.125. The molecule has 0 saturated carbocycles. The van der Waals surface area contributed by atoms with Crippen LogP contribution in [0.2, 0.25) is 0 Å². The molecule has 0 unspecified atom stereocenters. The number of pyridine rings is 1. The van der Waals surface area contributed by atoms with Crippen LogP contribution in [0.25, 0.3) is 11.1 Å². The Bertz CT molecular complexity index is 691. The molecule has 0 fully saturated rings. The van der Waals surface area contributed by atoms with Crippen LogP contribution in [-0.2, 0) is 6.54 Å². The molecule has 0 bridgehead atoms. The smallest absolute Gasteiger partial charge is 0.338 e. The number of nitrogens with zero attached hydrogens (tertiary/aromatic N) is 1. The Labute approximate surface area is 104 Å². The fourth-order valence-electron chi connectivity index (χ4n) is 2.00. The summed E-state index contributed by atoms with van der Waals surface area (Å²) >= 11 is 0. The third-order valence-corrected chi connectivity index (χ3v) is 2.86. The molecule has 2 rings (SSSR count). The Morgan fingerprint density at radius 2 is 2.22 bits per heavy atom. The maximum absolute atomic E-state index is 11.3. The number of carboxylic acid groups (broad SMARTS) is 1. The SMILES string of the molecule is C#CCn1cc2ccc(=O)cc-2c(C(=O)O)c1C. The zero-order valence-electron chi connectivity index (χ0n) is 9.80. The van der Waals surface area contributed by atoms with E-state index in [0.29, 0.717) is 23.4 Å². The first-order valence-corrected chi connectivity index (χ1v) is 5.35. The van der Waals surface area contributed by atoms with E-state index in [-0.39, 0.29) is 11.0 Å². The van der Waals surface area contributed by atoms with Crippen molar-refractivity contribution in [1.82, 2.24) is 4.57 Å². The minimum atomic E-state index is -1.06. The molecule has 0 spiro atoms. The first-order chi connectivity index (χ1) is 8.54. The van der Waals surface area contributed by atoms with E-state index in [0.717, 1.165) is 0 Å². The minimum Gasteiger partial charge on any atom is -0.478 e. The molecule has 0 radical (unpaired) electrons. The highest BCUT2D eigenvalue weighted by molar-refractivity contribution is 5.97. The van der Waals surface area contributed by atoms with Crippen molar-refractivity contribution >= 4 is 5.97 Å². The summed E-state index contributed by atoms with van der Waals surface area (Å²) in [6, 6.07) is 4.35. The lowest BCUT2D eigenvalue weighted by Crippen LogP contribution is -2.14. The van der Waals surface area contributed by atoms with Gasteiger partial charge in [-0.3, -0.25) is 4.79 Å². The zero-order chi connectivity index (χ0) is 13.3. The van der Waals surface area contributed by atoms with E-state index in [2.05, 4.69) is 5.92 Å². The molecule has 18 heavy (non-hydrogen) atoms. The maximum atomic E-state index is 11.3. The second kappa shape index (κ2) is 4.38. The van der Waals surface area contributed by atoms with Crippen LogP contribution in [0.4, 0.5) is 0 Å². The van der Waals surface area contributed by atoms with Crippen LogP contribution in [0.15, 0.2) is 29.2 Å². The molecule has 0 amide bonds. The van der Waals surface area contributed by atoms with Gasteiger partial charge in [0.15, 0.2) is 5.43 Å². The molecular weight excluding hydrogens is 230 g/mol. The number of fused-ring (bicyclic) bond motifs is 1. The molecule has 4 heteroatoms. The van der Waals surface area contributed by atoms with Gasteiger partial charge in [0.25, 0.3) is 0 Å². The molecule has 0 aromatic heterocycles. The first-order valence-electron chi connectivity index (χ1n) is 5.35. The fraction of sp³-hybridized carbons (Fsp3) is 0.143. The Morgan fingerprint density at radius 1 is 1.50 bits per heavy atom. The van der Waals surface area contributed by atoms with Crippen LogP contribution in [0, 0.1) is 19.3 Å². The van der Waals surface area contributed by atoms with Crippen molar-refractivity contribution < 1.29 is 9.90 Å². The Kier molecular flexibility index (Phi) is 2.90. The number of carboxylic acids is 1. The predicted octanol–water partition coefficient (Wildman–Crippen LogP) is 1.59. The van der Waals surface area contributed by atoms with Crippen LogP contribution >= 0.6 is 0 Å². The molecule has 0 saturated heterocycles. The van der Waals surface area contributed by atoms with Gasteiger partial charge in [0.2, 0.25) is 0 Å². The Morgan fingerprint density at radius 3 is 2.83 bits per heavy atom. The quantitative estimate of drug-likeness (QED) is 0.812. The van der Waals surface area contributed by atoms with Crippen molar-refractivity contribution in [3.63, 3.8) is 0 Å². The fourth-order valence-corrected chi connectivity index (χ4v) is 2.00. The molecule has 4 nitrogen and oxygen atoms in total. The van der Waals surface area contributed by atoms with Gasteiger partial charge in [-0.2, -0.15) is 0 Å². The average Bonchev–Trinajstić information content (AvgIpc) is 2.30. The van der Waals surface area contributed by atoms with E-state index < -0.39 is 5.97 Å². The van der Waals surface area contributed by atoms with E-state index in [1.54, 1.807) is 23.8 Å². The van der Waals surface area contributed by atoms with Gasteiger partial charge in [0.05, 0.1) is 12.1 Å². The highest BCUT2D eigenvalue weighted by Crippen LogP contribution is 2.27. The molecule has 2 aliphatic rings. The van der Waals surface area contributed by atoms with Crippen molar-refractivity contribution in [2.24, 2.45) is 0 Å². The van der Waals surface area contributed by atoms with Gasteiger partial charge < -0.3 is 9.67 Å². The highest BCUT2D eigenvalue weighted by atomic mass is 16.4. The first kappa shape index (κ1) is 11.9. The molecule has 0 aromatic rings. The third kappa shape index (κ3) is 1.87. The standard InChI is InChI=1S/C14H11NO3/c1-3-6-15-8-10-4-5-11(16)7-12(10)13(9(15)2)14(17)18/h1,4-5,7-8H,6H2,2H3,(H,17,18). The van der Waals surface area contributed by atoms with Gasteiger partial charge >= 0.3 is 5.97 Å². The van der Waals surface area contributed by atoms with Crippen molar-refractivity contribution in [3.8, 4) is 23.5 Å². The molecule has 0 aromatic carbocycles. The molecule has 1 N–H and O–H groups in total. The molecule has 1 heterocycles. The summed E-state index contributed by atoms with van der Waals surface area (Å²) in [6.45, 7) is 1.97. The number of carbonyl (C=O) groups is 1. The van der Waals surface area contributed by atoms with E-state index in [9.17, 15) is 14.7 Å². The van der Waals surface area contributed by atoms with Gasteiger partial charge in [0, 0.05) is 17.5 Å². The van der Waals surface area contributed by atoms with Crippen LogP contribution in [0.5, 0.6) is 0 Å². The Balaban J connectivity index is 2.88. The second-order valence-electron chi connectivity index (χ2n) is 3.98. The predicted molar refractivity (Wildman–Crippen MR) is 67.9 cm³/mol. The van der Waals surface area contributed by atoms with Gasteiger partial charge in [-0.25, -0.2) is 4.79 Å². The number of aromatic nitrogens is 1. The summed E-state index contributed by atoms with van der Waals surface area (Å²) < 4.78 is 1.69. The number of rotatable bonds is 2. The number of terminal acetylenes is 1. The van der Waals surface area contributed by atoms with Crippen molar-refractivity contribution in [2.75, 3.05) is 0 Å². The number of aromatic carboxylic acids is 1. The molecule has 90 valence electrons. The van der Waals surface area contributed by atoms with E-state index in [4.69, 9.17) is 6.42 Å². The average molecular weight is 241 g/mol. The van der Waals surface area contributed by atoms with Crippen LogP contribution in [-0.4, -0.2) is 15.6 Å². The molecular formula is C14H11NO3.